The number of hydrazine groups is 1. The number of hydrogen-bond donors (Lipinski definition) is 1. The van der Waals surface area contributed by atoms with Crippen molar-refractivity contribution in [1.82, 2.24) is 10.4 Å². The Kier molecular flexibility index (Phi) is 11.7. The fourth-order valence-electron chi connectivity index (χ4n) is 3.59. The van der Waals surface area contributed by atoms with Crippen LogP contribution in [0.2, 0.25) is 0 Å². The molecule has 1 rings (SSSR count). The molecule has 0 unspecified atom stereocenters. The highest BCUT2D eigenvalue weighted by Crippen LogP contribution is 2.28. The van der Waals surface area contributed by atoms with Gasteiger partial charge in [0, 0.05) is 6.54 Å². The maximum Gasteiger partial charge on any atom is 0.473 e. The van der Waals surface area contributed by atoms with Gasteiger partial charge in [0.2, 0.25) is 5.91 Å². The number of benzene rings is 1. The Labute approximate surface area is 212 Å². The van der Waals surface area contributed by atoms with Crippen LogP contribution in [-0.2, 0) is 19.1 Å². The van der Waals surface area contributed by atoms with Crippen molar-refractivity contribution < 1.29 is 32.3 Å². The average molecular weight is 513 g/mol. The lowest BCUT2D eigenvalue weighted by atomic mass is 9.82. The number of amides is 2. The fourth-order valence-corrected chi connectivity index (χ4v) is 3.59. The van der Waals surface area contributed by atoms with Crippen LogP contribution in [-0.4, -0.2) is 41.1 Å². The largest absolute Gasteiger partial charge is 0.473 e. The van der Waals surface area contributed by atoms with Crippen molar-refractivity contribution >= 4 is 23.9 Å². The quantitative estimate of drug-likeness (QED) is 0.318. The second kappa shape index (κ2) is 13.5. The molecule has 6 nitrogen and oxygen atoms in total. The third kappa shape index (κ3) is 11.3. The van der Waals surface area contributed by atoms with Crippen LogP contribution in [0.3, 0.4) is 0 Å². The van der Waals surface area contributed by atoms with Crippen molar-refractivity contribution in [3.8, 4) is 0 Å². The zero-order chi connectivity index (χ0) is 27.7. The highest BCUT2D eigenvalue weighted by molar-refractivity contribution is 5.89. The summed E-state index contributed by atoms with van der Waals surface area (Å²) in [5, 5.41) is 0.298. The van der Waals surface area contributed by atoms with E-state index < -0.39 is 41.4 Å². The molecule has 1 aromatic carbocycles. The van der Waals surface area contributed by atoms with Gasteiger partial charge < -0.3 is 4.74 Å². The zero-order valence-electron chi connectivity index (χ0n) is 22.2. The number of carbonyl (C=O) groups excluding carboxylic acids is 3. The number of carbonyl (C=O) groups is 3. The van der Waals surface area contributed by atoms with Gasteiger partial charge in [-0.3, -0.25) is 19.8 Å². The predicted molar refractivity (Wildman–Crippen MR) is 133 cm³/mol. The first-order valence-corrected chi connectivity index (χ1v) is 12.1. The Hall–Kier alpha value is -2.84. The molecule has 202 valence electrons. The van der Waals surface area contributed by atoms with Crippen molar-refractivity contribution in [2.75, 3.05) is 6.54 Å². The summed E-state index contributed by atoms with van der Waals surface area (Å²) < 4.78 is 45.1. The van der Waals surface area contributed by atoms with Crippen LogP contribution in [0.25, 0.3) is 6.08 Å². The van der Waals surface area contributed by atoms with Crippen molar-refractivity contribution in [3.63, 3.8) is 0 Å². The number of rotatable bonds is 10. The molecular weight excluding hydrogens is 473 g/mol. The molecule has 2 amide bonds. The summed E-state index contributed by atoms with van der Waals surface area (Å²) in [4.78, 5) is 38.5. The Balaban J connectivity index is 3.33. The number of alkyl halides is 3. The van der Waals surface area contributed by atoms with E-state index in [-0.39, 0.29) is 31.2 Å². The number of ether oxygens (including phenoxy) is 1. The van der Waals surface area contributed by atoms with E-state index in [0.717, 1.165) is 5.56 Å². The molecule has 0 aliphatic heterocycles. The van der Waals surface area contributed by atoms with E-state index in [1.54, 1.807) is 46.8 Å². The van der Waals surface area contributed by atoms with E-state index in [1.807, 2.05) is 44.2 Å². The van der Waals surface area contributed by atoms with Gasteiger partial charge in [0.25, 0.3) is 0 Å². The van der Waals surface area contributed by atoms with Crippen LogP contribution in [0, 0.1) is 23.7 Å². The number of esters is 1. The van der Waals surface area contributed by atoms with E-state index >= 15 is 0 Å². The molecule has 0 fully saturated rings. The Bertz CT molecular complexity index is 891. The van der Waals surface area contributed by atoms with Crippen LogP contribution in [0.1, 0.15) is 66.9 Å². The smallest absolute Gasteiger partial charge is 0.460 e. The monoisotopic (exact) mass is 512 g/mol. The summed E-state index contributed by atoms with van der Waals surface area (Å²) >= 11 is 0. The summed E-state index contributed by atoms with van der Waals surface area (Å²) in [6, 6.07) is 9.35. The summed E-state index contributed by atoms with van der Waals surface area (Å²) in [5.74, 6) is -5.99. The van der Waals surface area contributed by atoms with Crippen molar-refractivity contribution in [2.24, 2.45) is 23.7 Å². The average Bonchev–Trinajstić information content (AvgIpc) is 2.72. The lowest BCUT2D eigenvalue weighted by Crippen LogP contribution is -2.55. The molecule has 36 heavy (non-hydrogen) atoms. The van der Waals surface area contributed by atoms with E-state index in [1.165, 1.54) is 0 Å². The van der Waals surface area contributed by atoms with Crippen LogP contribution in [0.5, 0.6) is 0 Å². The van der Waals surface area contributed by atoms with Crippen LogP contribution in [0.15, 0.2) is 36.4 Å². The first-order chi connectivity index (χ1) is 16.5. The summed E-state index contributed by atoms with van der Waals surface area (Å²) in [5.41, 5.74) is 2.23. The minimum Gasteiger partial charge on any atom is -0.460 e. The third-order valence-electron chi connectivity index (χ3n) is 5.04. The fraction of sp³-hybridized carbons (Fsp3) is 0.593. The number of nitrogens with one attached hydrogen (secondary N) is 1. The van der Waals surface area contributed by atoms with Crippen molar-refractivity contribution in [2.45, 2.75) is 73.1 Å². The minimum absolute atomic E-state index is 0.0549. The molecule has 1 aromatic rings. The van der Waals surface area contributed by atoms with Gasteiger partial charge in [0.05, 0.1) is 11.8 Å². The molecule has 0 radical (unpaired) electrons. The third-order valence-corrected chi connectivity index (χ3v) is 5.04. The molecule has 0 aliphatic rings. The molecule has 0 heterocycles. The molecule has 0 saturated heterocycles. The molecule has 0 aromatic heterocycles. The topological polar surface area (TPSA) is 75.7 Å². The molecule has 0 bridgehead atoms. The van der Waals surface area contributed by atoms with Crippen molar-refractivity contribution in [1.29, 1.82) is 0 Å². The van der Waals surface area contributed by atoms with Gasteiger partial charge >= 0.3 is 18.1 Å². The van der Waals surface area contributed by atoms with Crippen LogP contribution < -0.4 is 5.43 Å². The highest BCUT2D eigenvalue weighted by atomic mass is 19.4. The van der Waals surface area contributed by atoms with Gasteiger partial charge in [0.1, 0.15) is 5.60 Å². The lowest BCUT2D eigenvalue weighted by molar-refractivity contribution is -0.190. The standard InChI is InChI=1S/C27H39F3N2O4/c1-18(2)16-22(23(33)31-32(17-19(3)4)25(35)27(28,29)30)21(24(34)36-26(5,6)7)15-11-14-20-12-9-8-10-13-20/h8-14,18-19,21-22H,15-17H2,1-7H3,(H,31,33)/t21-,22+/m0/s1. The highest BCUT2D eigenvalue weighted by Gasteiger charge is 2.45. The number of nitrogens with zero attached hydrogens (tertiary/aromatic N) is 1. The van der Waals surface area contributed by atoms with Gasteiger partial charge in [0.15, 0.2) is 0 Å². The maximum atomic E-state index is 13.3. The molecule has 1 N–H and O–H groups in total. The second-order valence-electron chi connectivity index (χ2n) is 10.7. The Morgan fingerprint density at radius 1 is 0.972 bits per heavy atom. The van der Waals surface area contributed by atoms with Gasteiger partial charge in [-0.2, -0.15) is 13.2 Å². The number of allylic oxidation sites excluding steroid dienone is 1. The Morgan fingerprint density at radius 3 is 2.03 bits per heavy atom. The van der Waals surface area contributed by atoms with Gasteiger partial charge in [-0.1, -0.05) is 70.2 Å². The first kappa shape index (κ1) is 31.2. The number of halogens is 3. The zero-order valence-corrected chi connectivity index (χ0v) is 22.2. The van der Waals surface area contributed by atoms with E-state index in [2.05, 4.69) is 5.43 Å². The molecule has 2 atom stereocenters. The van der Waals surface area contributed by atoms with E-state index in [4.69, 9.17) is 4.74 Å². The first-order valence-electron chi connectivity index (χ1n) is 12.1. The van der Waals surface area contributed by atoms with Crippen LogP contribution in [0.4, 0.5) is 13.2 Å². The molecule has 0 saturated carbocycles. The van der Waals surface area contributed by atoms with Crippen LogP contribution >= 0.6 is 0 Å². The summed E-state index contributed by atoms with van der Waals surface area (Å²) in [7, 11) is 0. The lowest BCUT2D eigenvalue weighted by Gasteiger charge is -2.32. The minimum atomic E-state index is -5.15. The number of hydrogen-bond acceptors (Lipinski definition) is 4. The second-order valence-corrected chi connectivity index (χ2v) is 10.7. The SMILES string of the molecule is CC(C)C[C@@H](C(=O)NN(CC(C)C)C(=O)C(F)(F)F)[C@H](CC=Cc1ccccc1)C(=O)OC(C)(C)C. The van der Waals surface area contributed by atoms with Gasteiger partial charge in [-0.15, -0.1) is 0 Å². The predicted octanol–water partition coefficient (Wildman–Crippen LogP) is 5.79. The molecule has 0 aliphatic carbocycles. The molecular formula is C27H39F3N2O4. The maximum absolute atomic E-state index is 13.3. The summed E-state index contributed by atoms with van der Waals surface area (Å²) in [6.45, 7) is 11.7. The molecule has 9 heteroatoms. The van der Waals surface area contributed by atoms with Gasteiger partial charge in [-0.25, -0.2) is 5.01 Å². The van der Waals surface area contributed by atoms with E-state index in [9.17, 15) is 27.6 Å². The molecule has 0 spiro atoms. The summed E-state index contributed by atoms with van der Waals surface area (Å²) in [6.07, 6.45) is -1.26. The Morgan fingerprint density at radius 2 is 1.56 bits per heavy atom. The van der Waals surface area contributed by atoms with Crippen molar-refractivity contribution in [3.05, 3.63) is 42.0 Å². The van der Waals surface area contributed by atoms with E-state index in [0.29, 0.717) is 5.01 Å². The van der Waals surface area contributed by atoms with Gasteiger partial charge in [-0.05, 0) is 51.0 Å². The normalized spacial score (nSPS) is 14.1.